The summed E-state index contributed by atoms with van der Waals surface area (Å²) in [5, 5.41) is 8.60. The molecule has 3 heteroatoms. The van der Waals surface area contributed by atoms with Crippen LogP contribution in [0.4, 0.5) is 5.69 Å². The van der Waals surface area contributed by atoms with Crippen LogP contribution in [0, 0.1) is 0 Å². The van der Waals surface area contributed by atoms with Crippen molar-refractivity contribution < 1.29 is 5.11 Å². The second kappa shape index (κ2) is 6.74. The molecule has 0 unspecified atom stereocenters. The minimum atomic E-state index is 0.308. The number of anilines is 1. The third-order valence-electron chi connectivity index (χ3n) is 1.93. The Balaban J connectivity index is 2.18. The minimum absolute atomic E-state index is 0.308. The fourth-order valence-corrected chi connectivity index (χ4v) is 2.16. The Hall–Kier alpha value is -0.670. The quantitative estimate of drug-likeness (QED) is 0.432. The molecule has 0 bridgehead atoms. The van der Waals surface area contributed by atoms with Gasteiger partial charge in [-0.05, 0) is 36.8 Å². The molecule has 0 spiro atoms. The smallest absolute Gasteiger partial charge is 0.0431 e. The molecule has 3 N–H and O–H groups in total. The molecule has 1 aromatic carbocycles. The van der Waals surface area contributed by atoms with Crippen molar-refractivity contribution in [2.45, 2.75) is 24.2 Å². The van der Waals surface area contributed by atoms with Crippen molar-refractivity contribution in [3.05, 3.63) is 24.3 Å². The molecule has 0 radical (unpaired) electrons. The number of nitrogens with two attached hydrogens (primary N) is 1. The van der Waals surface area contributed by atoms with E-state index in [4.69, 9.17) is 10.8 Å². The van der Waals surface area contributed by atoms with Crippen LogP contribution < -0.4 is 5.73 Å². The number of aliphatic hydroxyl groups is 1. The van der Waals surface area contributed by atoms with Crippen molar-refractivity contribution in [2.24, 2.45) is 0 Å². The summed E-state index contributed by atoms with van der Waals surface area (Å²) >= 11 is 1.82. The van der Waals surface area contributed by atoms with E-state index in [0.717, 1.165) is 30.7 Å². The Labute approximate surface area is 89.5 Å². The van der Waals surface area contributed by atoms with Gasteiger partial charge in [0, 0.05) is 17.2 Å². The molecular weight excluding hydrogens is 194 g/mol. The highest BCUT2D eigenvalue weighted by molar-refractivity contribution is 7.99. The Kier molecular flexibility index (Phi) is 5.49. The van der Waals surface area contributed by atoms with Crippen LogP contribution in [0.15, 0.2) is 29.2 Å². The van der Waals surface area contributed by atoms with Gasteiger partial charge in [-0.2, -0.15) is 0 Å². The van der Waals surface area contributed by atoms with Gasteiger partial charge in [0.15, 0.2) is 0 Å². The van der Waals surface area contributed by atoms with Gasteiger partial charge in [-0.15, -0.1) is 11.8 Å². The maximum atomic E-state index is 8.60. The van der Waals surface area contributed by atoms with E-state index in [-0.39, 0.29) is 0 Å². The van der Waals surface area contributed by atoms with Crippen LogP contribution >= 0.6 is 11.8 Å². The van der Waals surface area contributed by atoms with Crippen LogP contribution in [0.5, 0.6) is 0 Å². The molecule has 14 heavy (non-hydrogen) atoms. The fourth-order valence-electron chi connectivity index (χ4n) is 1.18. The molecule has 0 amide bonds. The second-order valence-electron chi connectivity index (χ2n) is 3.21. The average Bonchev–Trinajstić information content (AvgIpc) is 2.18. The zero-order chi connectivity index (χ0) is 10.2. The van der Waals surface area contributed by atoms with E-state index < -0.39 is 0 Å². The van der Waals surface area contributed by atoms with Crippen molar-refractivity contribution in [1.82, 2.24) is 0 Å². The van der Waals surface area contributed by atoms with E-state index in [1.807, 2.05) is 30.0 Å². The predicted octanol–water partition coefficient (Wildman–Crippen LogP) is 2.52. The molecule has 1 rings (SSSR count). The number of nitrogen functional groups attached to an aromatic ring is 1. The summed E-state index contributed by atoms with van der Waals surface area (Å²) in [4.78, 5) is 1.23. The number of hydrogen-bond acceptors (Lipinski definition) is 3. The molecule has 0 fully saturated rings. The number of benzene rings is 1. The number of unbranched alkanes of at least 4 members (excludes halogenated alkanes) is 2. The first-order chi connectivity index (χ1) is 6.83. The summed E-state index contributed by atoms with van der Waals surface area (Å²) < 4.78 is 0. The summed E-state index contributed by atoms with van der Waals surface area (Å²) in [6.45, 7) is 0.308. The number of rotatable bonds is 6. The Morgan fingerprint density at radius 1 is 1.21 bits per heavy atom. The average molecular weight is 211 g/mol. The monoisotopic (exact) mass is 211 g/mol. The second-order valence-corrected chi connectivity index (χ2v) is 4.37. The lowest BCUT2D eigenvalue weighted by atomic mass is 10.3. The maximum Gasteiger partial charge on any atom is 0.0431 e. The Bertz CT molecular complexity index is 265. The van der Waals surface area contributed by atoms with Gasteiger partial charge in [-0.3, -0.25) is 0 Å². The first kappa shape index (κ1) is 11.4. The predicted molar refractivity (Wildman–Crippen MR) is 62.5 cm³/mol. The third-order valence-corrected chi connectivity index (χ3v) is 3.01. The molecule has 0 aromatic heterocycles. The van der Waals surface area contributed by atoms with Crippen molar-refractivity contribution in [2.75, 3.05) is 18.1 Å². The van der Waals surface area contributed by atoms with Crippen LogP contribution in [0.1, 0.15) is 19.3 Å². The van der Waals surface area contributed by atoms with Gasteiger partial charge in [0.1, 0.15) is 0 Å². The van der Waals surface area contributed by atoms with Crippen LogP contribution in [-0.2, 0) is 0 Å². The molecule has 1 aromatic rings. The minimum Gasteiger partial charge on any atom is -0.399 e. The normalized spacial score (nSPS) is 10.4. The first-order valence-electron chi connectivity index (χ1n) is 4.92. The molecule has 0 saturated carbocycles. The highest BCUT2D eigenvalue weighted by Crippen LogP contribution is 2.21. The van der Waals surface area contributed by atoms with Gasteiger partial charge in [0.25, 0.3) is 0 Å². The van der Waals surface area contributed by atoms with Crippen molar-refractivity contribution in [3.63, 3.8) is 0 Å². The van der Waals surface area contributed by atoms with E-state index in [1.165, 1.54) is 4.90 Å². The maximum absolute atomic E-state index is 8.60. The Morgan fingerprint density at radius 3 is 2.79 bits per heavy atom. The lowest BCUT2D eigenvalue weighted by molar-refractivity contribution is 0.284. The lowest BCUT2D eigenvalue weighted by Gasteiger charge is -2.01. The van der Waals surface area contributed by atoms with E-state index in [1.54, 1.807) is 0 Å². The third kappa shape index (κ3) is 4.53. The van der Waals surface area contributed by atoms with Crippen LogP contribution in [0.2, 0.25) is 0 Å². The SMILES string of the molecule is Nc1cccc(SCCCCCO)c1. The molecule has 0 atom stereocenters. The van der Waals surface area contributed by atoms with E-state index in [0.29, 0.717) is 6.61 Å². The van der Waals surface area contributed by atoms with Crippen molar-refractivity contribution in [3.8, 4) is 0 Å². The van der Waals surface area contributed by atoms with E-state index in [9.17, 15) is 0 Å². The van der Waals surface area contributed by atoms with Crippen LogP contribution in [-0.4, -0.2) is 17.5 Å². The van der Waals surface area contributed by atoms with Crippen molar-refractivity contribution >= 4 is 17.4 Å². The van der Waals surface area contributed by atoms with Crippen molar-refractivity contribution in [1.29, 1.82) is 0 Å². The molecule has 2 nitrogen and oxygen atoms in total. The molecular formula is C11H17NOS. The fraction of sp³-hybridized carbons (Fsp3) is 0.455. The Morgan fingerprint density at radius 2 is 2.07 bits per heavy atom. The van der Waals surface area contributed by atoms with Gasteiger partial charge in [0.05, 0.1) is 0 Å². The summed E-state index contributed by atoms with van der Waals surface area (Å²) in [7, 11) is 0. The highest BCUT2D eigenvalue weighted by atomic mass is 32.2. The summed E-state index contributed by atoms with van der Waals surface area (Å²) in [6.07, 6.45) is 3.17. The molecule has 0 aliphatic carbocycles. The highest BCUT2D eigenvalue weighted by Gasteiger charge is 1.94. The summed E-state index contributed by atoms with van der Waals surface area (Å²) in [5.41, 5.74) is 6.49. The van der Waals surface area contributed by atoms with Crippen LogP contribution in [0.25, 0.3) is 0 Å². The first-order valence-corrected chi connectivity index (χ1v) is 5.90. The zero-order valence-corrected chi connectivity index (χ0v) is 9.09. The molecule has 0 aliphatic heterocycles. The number of aliphatic hydroxyl groups excluding tert-OH is 1. The molecule has 0 heterocycles. The summed E-state index contributed by atoms with van der Waals surface area (Å²) in [6, 6.07) is 7.95. The van der Waals surface area contributed by atoms with Gasteiger partial charge in [0.2, 0.25) is 0 Å². The standard InChI is InChI=1S/C11H17NOS/c12-10-5-4-6-11(9-10)14-8-3-1-2-7-13/h4-6,9,13H,1-3,7-8,12H2. The van der Waals surface area contributed by atoms with E-state index in [2.05, 4.69) is 6.07 Å². The number of hydrogen-bond donors (Lipinski definition) is 2. The molecule has 0 aliphatic rings. The van der Waals surface area contributed by atoms with Gasteiger partial charge in [-0.1, -0.05) is 12.5 Å². The number of thioether (sulfide) groups is 1. The van der Waals surface area contributed by atoms with Crippen LogP contribution in [0.3, 0.4) is 0 Å². The largest absolute Gasteiger partial charge is 0.399 e. The van der Waals surface area contributed by atoms with Gasteiger partial charge >= 0.3 is 0 Å². The molecule has 0 saturated heterocycles. The summed E-state index contributed by atoms with van der Waals surface area (Å²) in [5.74, 6) is 1.10. The lowest BCUT2D eigenvalue weighted by Crippen LogP contribution is -1.87. The topological polar surface area (TPSA) is 46.2 Å². The van der Waals surface area contributed by atoms with Gasteiger partial charge in [-0.25, -0.2) is 0 Å². The molecule has 78 valence electrons. The zero-order valence-electron chi connectivity index (χ0n) is 8.28. The van der Waals surface area contributed by atoms with E-state index >= 15 is 0 Å². The van der Waals surface area contributed by atoms with Gasteiger partial charge < -0.3 is 10.8 Å².